The number of hydrogen-bond acceptors (Lipinski definition) is 3. The molecule has 0 aliphatic carbocycles. The summed E-state index contributed by atoms with van der Waals surface area (Å²) in [5.41, 5.74) is -1.24. The van der Waals surface area contributed by atoms with Crippen LogP contribution in [0.5, 0.6) is 0 Å². The second-order valence-corrected chi connectivity index (χ2v) is 5.94. The fraction of sp³-hybridized carbons (Fsp3) is 0.417. The fourth-order valence-corrected chi connectivity index (χ4v) is 2.77. The Bertz CT molecular complexity index is 743. The van der Waals surface area contributed by atoms with Crippen molar-refractivity contribution in [1.82, 2.24) is 18.9 Å². The van der Waals surface area contributed by atoms with Crippen LogP contribution < -0.4 is 5.56 Å². The average Bonchev–Trinajstić information content (AvgIpc) is 2.72. The van der Waals surface area contributed by atoms with Crippen LogP contribution in [0.2, 0.25) is 0 Å². The van der Waals surface area contributed by atoms with E-state index < -0.39 is 5.67 Å². The first-order valence-corrected chi connectivity index (χ1v) is 6.85. The van der Waals surface area contributed by atoms with Gasteiger partial charge in [0.05, 0.1) is 13.1 Å². The maximum absolute atomic E-state index is 13.4. The number of carbonyl (C=O) groups excluding carboxylic acids is 1. The quantitative estimate of drug-likeness (QED) is 0.812. The van der Waals surface area contributed by atoms with E-state index in [1.165, 1.54) is 28.9 Å². The molecule has 0 atom stereocenters. The number of aromatic nitrogens is 3. The van der Waals surface area contributed by atoms with E-state index in [-0.39, 0.29) is 31.1 Å². The number of fused-ring (bicyclic) bond motifs is 1. The van der Waals surface area contributed by atoms with Gasteiger partial charge in [-0.1, -0.05) is 0 Å². The van der Waals surface area contributed by atoms with Crippen molar-refractivity contribution in [2.75, 3.05) is 13.1 Å². The molecular weight excluding hydrogens is 331 g/mol. The third-order valence-corrected chi connectivity index (χ3v) is 3.90. The highest BCUT2D eigenvalue weighted by atomic mass is 79.9. The standard InChI is InChI=1S/C12H12BrFN4O2/c1-12(14)5-18(6-12)8(19)4-16-2-3-17-7-15-10(13)9(17)11(16)20/h2-3,7H,4-6H2,1H3. The summed E-state index contributed by atoms with van der Waals surface area (Å²) in [4.78, 5) is 29.6. The molecule has 0 saturated carbocycles. The van der Waals surface area contributed by atoms with Crippen LogP contribution in [-0.4, -0.2) is 43.5 Å². The Labute approximate surface area is 121 Å². The Hall–Kier alpha value is -1.70. The Kier molecular flexibility index (Phi) is 2.93. The molecule has 1 aliphatic heterocycles. The third kappa shape index (κ3) is 2.13. The van der Waals surface area contributed by atoms with Crippen molar-refractivity contribution < 1.29 is 9.18 Å². The van der Waals surface area contributed by atoms with E-state index in [0.717, 1.165) is 0 Å². The molecular formula is C12H12BrFN4O2. The predicted molar refractivity (Wildman–Crippen MR) is 73.2 cm³/mol. The van der Waals surface area contributed by atoms with Gasteiger partial charge in [0.15, 0.2) is 0 Å². The number of hydrogen-bond donors (Lipinski definition) is 0. The normalized spacial score (nSPS) is 17.2. The minimum atomic E-state index is -1.31. The van der Waals surface area contributed by atoms with Crippen LogP contribution in [0.4, 0.5) is 4.39 Å². The van der Waals surface area contributed by atoms with Gasteiger partial charge in [-0.3, -0.25) is 14.0 Å². The minimum Gasteiger partial charge on any atom is -0.335 e. The van der Waals surface area contributed by atoms with Crippen LogP contribution in [0.25, 0.3) is 5.52 Å². The first-order chi connectivity index (χ1) is 9.37. The smallest absolute Gasteiger partial charge is 0.278 e. The number of rotatable bonds is 2. The van der Waals surface area contributed by atoms with Gasteiger partial charge in [-0.2, -0.15) is 0 Å². The first kappa shape index (κ1) is 13.3. The van der Waals surface area contributed by atoms with Crippen LogP contribution >= 0.6 is 15.9 Å². The summed E-state index contributed by atoms with van der Waals surface area (Å²) >= 11 is 3.20. The van der Waals surface area contributed by atoms with E-state index in [9.17, 15) is 14.0 Å². The fourth-order valence-electron chi connectivity index (χ4n) is 2.30. The van der Waals surface area contributed by atoms with Gasteiger partial charge in [0.2, 0.25) is 5.91 Å². The van der Waals surface area contributed by atoms with Crippen LogP contribution in [0.15, 0.2) is 28.1 Å². The van der Waals surface area contributed by atoms with Crippen LogP contribution in [0, 0.1) is 0 Å². The Morgan fingerprint density at radius 3 is 2.85 bits per heavy atom. The van der Waals surface area contributed by atoms with E-state index in [2.05, 4.69) is 20.9 Å². The van der Waals surface area contributed by atoms with Gasteiger partial charge in [-0.15, -0.1) is 0 Å². The first-order valence-electron chi connectivity index (χ1n) is 6.06. The minimum absolute atomic E-state index is 0.0825. The van der Waals surface area contributed by atoms with Crippen molar-refractivity contribution in [3.8, 4) is 0 Å². The van der Waals surface area contributed by atoms with Crippen molar-refractivity contribution >= 4 is 27.4 Å². The average molecular weight is 343 g/mol. The molecule has 0 spiro atoms. The summed E-state index contributed by atoms with van der Waals surface area (Å²) in [5, 5.41) is 0. The molecule has 1 fully saturated rings. The van der Waals surface area contributed by atoms with Gasteiger partial charge in [0, 0.05) is 12.4 Å². The van der Waals surface area contributed by atoms with Crippen molar-refractivity contribution in [3.63, 3.8) is 0 Å². The largest absolute Gasteiger partial charge is 0.335 e. The Morgan fingerprint density at radius 1 is 1.50 bits per heavy atom. The van der Waals surface area contributed by atoms with E-state index in [1.54, 1.807) is 10.6 Å². The van der Waals surface area contributed by atoms with Crippen LogP contribution in [-0.2, 0) is 11.3 Å². The molecule has 106 valence electrons. The van der Waals surface area contributed by atoms with E-state index in [1.807, 2.05) is 0 Å². The zero-order valence-electron chi connectivity index (χ0n) is 10.7. The lowest BCUT2D eigenvalue weighted by Crippen LogP contribution is -2.60. The lowest BCUT2D eigenvalue weighted by molar-refractivity contribution is -0.144. The lowest BCUT2D eigenvalue weighted by Gasteiger charge is -2.42. The predicted octanol–water partition coefficient (Wildman–Crippen LogP) is 0.829. The molecule has 2 aromatic heterocycles. The second kappa shape index (κ2) is 4.41. The maximum Gasteiger partial charge on any atom is 0.278 e. The molecule has 0 bridgehead atoms. The van der Waals surface area contributed by atoms with Gasteiger partial charge in [0.25, 0.3) is 5.56 Å². The molecule has 2 aromatic rings. The maximum atomic E-state index is 13.4. The molecule has 20 heavy (non-hydrogen) atoms. The number of carbonyl (C=O) groups is 1. The topological polar surface area (TPSA) is 59.6 Å². The third-order valence-electron chi connectivity index (χ3n) is 3.32. The van der Waals surface area contributed by atoms with Gasteiger partial charge in [0.1, 0.15) is 28.7 Å². The molecule has 0 unspecified atom stereocenters. The van der Waals surface area contributed by atoms with Crippen LogP contribution in [0.3, 0.4) is 0 Å². The molecule has 1 amide bonds. The summed E-state index contributed by atoms with van der Waals surface area (Å²) in [6.45, 7) is 1.53. The number of halogens is 2. The molecule has 0 radical (unpaired) electrons. The van der Waals surface area contributed by atoms with Gasteiger partial charge in [-0.25, -0.2) is 9.37 Å². The zero-order chi connectivity index (χ0) is 14.5. The van der Waals surface area contributed by atoms with Crippen molar-refractivity contribution in [1.29, 1.82) is 0 Å². The summed E-state index contributed by atoms with van der Waals surface area (Å²) in [5.74, 6) is -0.262. The van der Waals surface area contributed by atoms with Gasteiger partial charge in [-0.05, 0) is 22.9 Å². The summed E-state index contributed by atoms with van der Waals surface area (Å²) in [6, 6.07) is 0. The van der Waals surface area contributed by atoms with E-state index in [4.69, 9.17) is 0 Å². The van der Waals surface area contributed by atoms with Gasteiger partial charge >= 0.3 is 0 Å². The Morgan fingerprint density at radius 2 is 2.20 bits per heavy atom. The van der Waals surface area contributed by atoms with Crippen LogP contribution in [0.1, 0.15) is 6.92 Å². The van der Waals surface area contributed by atoms with Gasteiger partial charge < -0.3 is 9.47 Å². The highest BCUT2D eigenvalue weighted by Gasteiger charge is 2.41. The molecule has 6 nitrogen and oxygen atoms in total. The molecule has 1 saturated heterocycles. The number of nitrogens with zero attached hydrogens (tertiary/aromatic N) is 4. The van der Waals surface area contributed by atoms with Crippen molar-refractivity contribution in [3.05, 3.63) is 33.7 Å². The highest BCUT2D eigenvalue weighted by molar-refractivity contribution is 9.10. The summed E-state index contributed by atoms with van der Waals surface area (Å²) < 4.78 is 16.7. The summed E-state index contributed by atoms with van der Waals surface area (Å²) in [6.07, 6.45) is 4.68. The molecule has 3 heterocycles. The Balaban J connectivity index is 1.85. The number of amides is 1. The SMILES string of the molecule is CC1(F)CN(C(=O)Cn2ccn3cnc(Br)c3c2=O)C1. The molecule has 0 N–H and O–H groups in total. The summed E-state index contributed by atoms with van der Waals surface area (Å²) in [7, 11) is 0. The van der Waals surface area contributed by atoms with E-state index >= 15 is 0 Å². The number of alkyl halides is 1. The molecule has 0 aromatic carbocycles. The molecule has 3 rings (SSSR count). The number of imidazole rings is 1. The second-order valence-electron chi connectivity index (χ2n) is 5.19. The molecule has 8 heteroatoms. The number of likely N-dealkylation sites (tertiary alicyclic amines) is 1. The lowest BCUT2D eigenvalue weighted by atomic mass is 9.99. The van der Waals surface area contributed by atoms with Crippen molar-refractivity contribution in [2.24, 2.45) is 0 Å². The zero-order valence-corrected chi connectivity index (χ0v) is 12.3. The highest BCUT2D eigenvalue weighted by Crippen LogP contribution is 2.24. The molecule has 1 aliphatic rings. The van der Waals surface area contributed by atoms with E-state index in [0.29, 0.717) is 10.1 Å². The monoisotopic (exact) mass is 342 g/mol. The van der Waals surface area contributed by atoms with Crippen molar-refractivity contribution in [2.45, 2.75) is 19.1 Å².